The zero-order valence-electron chi connectivity index (χ0n) is 12.0. The monoisotopic (exact) mass is 313 g/mol. The summed E-state index contributed by atoms with van der Waals surface area (Å²) in [7, 11) is 0. The smallest absolute Gasteiger partial charge is 0.222 e. The number of hydrogen-bond donors (Lipinski definition) is 2. The number of nitrogens with zero attached hydrogens (tertiary/aromatic N) is 1. The Morgan fingerprint density at radius 1 is 1.14 bits per heavy atom. The van der Waals surface area contributed by atoms with Gasteiger partial charge in [-0.25, -0.2) is 0 Å². The van der Waals surface area contributed by atoms with Gasteiger partial charge < -0.3 is 10.6 Å². The molecule has 22 heavy (non-hydrogen) atoms. The van der Waals surface area contributed by atoms with Crippen molar-refractivity contribution in [3.8, 4) is 6.07 Å². The Hall–Kier alpha value is -2.51. The van der Waals surface area contributed by atoms with Crippen molar-refractivity contribution in [2.24, 2.45) is 0 Å². The van der Waals surface area contributed by atoms with Crippen molar-refractivity contribution in [1.29, 1.82) is 5.26 Å². The van der Waals surface area contributed by atoms with Gasteiger partial charge in [0.25, 0.3) is 0 Å². The number of hydrogen-bond acceptors (Lipinski definition) is 3. The maximum Gasteiger partial charge on any atom is 0.222 e. The van der Waals surface area contributed by atoms with Gasteiger partial charge >= 0.3 is 0 Å². The highest BCUT2D eigenvalue weighted by Crippen LogP contribution is 2.13. The number of carbonyl (C=O) groups excluding carboxylic acids is 1. The van der Waals surface area contributed by atoms with Gasteiger partial charge in [-0.15, -0.1) is 0 Å². The number of nitriles is 1. The van der Waals surface area contributed by atoms with Crippen LogP contribution in [0.25, 0.3) is 0 Å². The fraction of sp³-hybridized carbons (Fsp3) is 0.176. The minimum absolute atomic E-state index is 0.0445. The third-order valence-corrected chi connectivity index (χ3v) is 3.37. The van der Waals surface area contributed by atoms with Crippen LogP contribution in [0.2, 0.25) is 5.02 Å². The standard InChI is InChI=1S/C17H16ClN3O/c18-15-7-5-13(6-8-15)12-21-17(22)9-10-20-16-4-2-1-3-14(16)11-19/h1-8,20H,9-10,12H2,(H,21,22). The number of anilines is 1. The number of carbonyl (C=O) groups is 1. The summed E-state index contributed by atoms with van der Waals surface area (Å²) in [4.78, 5) is 11.8. The summed E-state index contributed by atoms with van der Waals surface area (Å²) in [5.74, 6) is -0.0445. The number of para-hydroxylation sites is 1. The normalized spacial score (nSPS) is 9.82. The lowest BCUT2D eigenvalue weighted by Gasteiger charge is -2.08. The van der Waals surface area contributed by atoms with Crippen molar-refractivity contribution < 1.29 is 4.79 Å². The molecule has 0 fully saturated rings. The average molecular weight is 314 g/mol. The molecule has 5 heteroatoms. The molecule has 0 heterocycles. The third kappa shape index (κ3) is 4.80. The molecule has 0 aliphatic rings. The molecule has 0 bridgehead atoms. The second kappa shape index (κ2) is 8.06. The van der Waals surface area contributed by atoms with Gasteiger partial charge in [-0.3, -0.25) is 4.79 Å². The van der Waals surface area contributed by atoms with E-state index in [0.29, 0.717) is 30.1 Å². The number of amides is 1. The Bertz CT molecular complexity index is 677. The molecular weight excluding hydrogens is 298 g/mol. The van der Waals surface area contributed by atoms with E-state index in [1.54, 1.807) is 18.2 Å². The number of halogens is 1. The van der Waals surface area contributed by atoms with Crippen LogP contribution in [0, 0.1) is 11.3 Å². The molecule has 0 aliphatic carbocycles. The fourth-order valence-electron chi connectivity index (χ4n) is 1.94. The predicted octanol–water partition coefficient (Wildman–Crippen LogP) is 3.33. The summed E-state index contributed by atoms with van der Waals surface area (Å²) in [6, 6.07) is 16.7. The van der Waals surface area contributed by atoms with Gasteiger partial charge in [0.15, 0.2) is 0 Å². The molecule has 2 aromatic rings. The zero-order valence-corrected chi connectivity index (χ0v) is 12.7. The molecule has 2 aromatic carbocycles. The Kier molecular flexibility index (Phi) is 5.81. The highest BCUT2D eigenvalue weighted by atomic mass is 35.5. The molecule has 0 spiro atoms. The Labute approximate surface area is 134 Å². The van der Waals surface area contributed by atoms with E-state index in [1.165, 1.54) is 0 Å². The minimum atomic E-state index is -0.0445. The van der Waals surface area contributed by atoms with Crippen LogP contribution in [0.5, 0.6) is 0 Å². The Morgan fingerprint density at radius 2 is 1.86 bits per heavy atom. The van der Waals surface area contributed by atoms with Crippen molar-refractivity contribution in [2.75, 3.05) is 11.9 Å². The summed E-state index contributed by atoms with van der Waals surface area (Å²) in [6.07, 6.45) is 0.341. The molecule has 0 aromatic heterocycles. The summed E-state index contributed by atoms with van der Waals surface area (Å²) in [5, 5.41) is 15.6. The summed E-state index contributed by atoms with van der Waals surface area (Å²) < 4.78 is 0. The number of nitrogens with one attached hydrogen (secondary N) is 2. The van der Waals surface area contributed by atoms with E-state index >= 15 is 0 Å². The molecule has 4 nitrogen and oxygen atoms in total. The molecule has 2 N–H and O–H groups in total. The first-order chi connectivity index (χ1) is 10.7. The van der Waals surface area contributed by atoms with Crippen LogP contribution in [0.4, 0.5) is 5.69 Å². The van der Waals surface area contributed by atoms with Crippen molar-refractivity contribution in [1.82, 2.24) is 5.32 Å². The van der Waals surface area contributed by atoms with E-state index in [-0.39, 0.29) is 5.91 Å². The van der Waals surface area contributed by atoms with Crippen LogP contribution in [0.3, 0.4) is 0 Å². The second-order valence-corrected chi connectivity index (χ2v) is 5.17. The van der Waals surface area contributed by atoms with Gasteiger partial charge in [0.05, 0.1) is 11.3 Å². The molecular formula is C17H16ClN3O. The Morgan fingerprint density at radius 3 is 2.59 bits per heavy atom. The van der Waals surface area contributed by atoms with Crippen LogP contribution in [-0.4, -0.2) is 12.5 Å². The highest BCUT2D eigenvalue weighted by molar-refractivity contribution is 6.30. The highest BCUT2D eigenvalue weighted by Gasteiger charge is 2.03. The lowest BCUT2D eigenvalue weighted by Crippen LogP contribution is -2.24. The van der Waals surface area contributed by atoms with Gasteiger partial charge in [0, 0.05) is 24.5 Å². The van der Waals surface area contributed by atoms with Gasteiger partial charge in [-0.1, -0.05) is 35.9 Å². The molecule has 2 rings (SSSR count). The first kappa shape index (κ1) is 15.9. The van der Waals surface area contributed by atoms with Crippen molar-refractivity contribution in [2.45, 2.75) is 13.0 Å². The van der Waals surface area contributed by atoms with Crippen LogP contribution in [0.15, 0.2) is 48.5 Å². The molecule has 0 radical (unpaired) electrons. The number of benzene rings is 2. The van der Waals surface area contributed by atoms with Crippen molar-refractivity contribution in [3.63, 3.8) is 0 Å². The van der Waals surface area contributed by atoms with Crippen LogP contribution in [-0.2, 0) is 11.3 Å². The lowest BCUT2D eigenvalue weighted by atomic mass is 10.2. The quantitative estimate of drug-likeness (QED) is 0.859. The molecule has 0 aliphatic heterocycles. The largest absolute Gasteiger partial charge is 0.383 e. The maximum atomic E-state index is 11.8. The predicted molar refractivity (Wildman–Crippen MR) is 87.6 cm³/mol. The molecule has 0 atom stereocenters. The van der Waals surface area contributed by atoms with E-state index < -0.39 is 0 Å². The van der Waals surface area contributed by atoms with Gasteiger partial charge in [0.1, 0.15) is 6.07 Å². The molecule has 0 saturated carbocycles. The van der Waals surface area contributed by atoms with E-state index in [1.807, 2.05) is 30.3 Å². The fourth-order valence-corrected chi connectivity index (χ4v) is 2.06. The first-order valence-corrected chi connectivity index (χ1v) is 7.31. The maximum absolute atomic E-state index is 11.8. The van der Waals surface area contributed by atoms with Gasteiger partial charge in [-0.05, 0) is 29.8 Å². The van der Waals surface area contributed by atoms with Crippen LogP contribution >= 0.6 is 11.6 Å². The van der Waals surface area contributed by atoms with Crippen molar-refractivity contribution in [3.05, 3.63) is 64.7 Å². The van der Waals surface area contributed by atoms with Gasteiger partial charge in [0.2, 0.25) is 5.91 Å². The van der Waals surface area contributed by atoms with Crippen LogP contribution < -0.4 is 10.6 Å². The van der Waals surface area contributed by atoms with E-state index in [0.717, 1.165) is 11.3 Å². The van der Waals surface area contributed by atoms with E-state index in [9.17, 15) is 4.79 Å². The zero-order chi connectivity index (χ0) is 15.8. The second-order valence-electron chi connectivity index (χ2n) is 4.74. The lowest BCUT2D eigenvalue weighted by molar-refractivity contribution is -0.121. The van der Waals surface area contributed by atoms with Crippen LogP contribution in [0.1, 0.15) is 17.5 Å². The summed E-state index contributed by atoms with van der Waals surface area (Å²) >= 11 is 5.81. The molecule has 0 unspecified atom stereocenters. The van der Waals surface area contributed by atoms with E-state index in [4.69, 9.17) is 16.9 Å². The first-order valence-electron chi connectivity index (χ1n) is 6.93. The molecule has 1 amide bonds. The summed E-state index contributed by atoms with van der Waals surface area (Å²) in [6.45, 7) is 0.954. The molecule has 112 valence electrons. The van der Waals surface area contributed by atoms with Crippen molar-refractivity contribution >= 4 is 23.2 Å². The average Bonchev–Trinajstić information content (AvgIpc) is 2.55. The topological polar surface area (TPSA) is 64.9 Å². The third-order valence-electron chi connectivity index (χ3n) is 3.12. The SMILES string of the molecule is N#Cc1ccccc1NCCC(=O)NCc1ccc(Cl)cc1. The Balaban J connectivity index is 1.74. The van der Waals surface area contributed by atoms with E-state index in [2.05, 4.69) is 16.7 Å². The summed E-state index contributed by atoms with van der Waals surface area (Å²) in [5.41, 5.74) is 2.32. The molecule has 0 saturated heterocycles. The van der Waals surface area contributed by atoms with Gasteiger partial charge in [-0.2, -0.15) is 5.26 Å². The minimum Gasteiger partial charge on any atom is -0.383 e. The number of rotatable bonds is 6.